The number of H-pyrrole nitrogens is 1. The lowest BCUT2D eigenvalue weighted by atomic mass is 10.1. The summed E-state index contributed by atoms with van der Waals surface area (Å²) in [7, 11) is 1.93. The highest BCUT2D eigenvalue weighted by atomic mass is 16.1. The maximum atomic E-state index is 10.8. The lowest BCUT2D eigenvalue weighted by Gasteiger charge is -2.05. The first-order valence-electron chi connectivity index (χ1n) is 10.5. The van der Waals surface area contributed by atoms with Gasteiger partial charge in [-0.3, -0.25) is 14.8 Å². The molecule has 0 atom stereocenters. The van der Waals surface area contributed by atoms with Crippen molar-refractivity contribution in [1.82, 2.24) is 25.6 Å². The van der Waals surface area contributed by atoms with Crippen molar-refractivity contribution < 1.29 is 4.79 Å². The fourth-order valence-electron chi connectivity index (χ4n) is 3.19. The van der Waals surface area contributed by atoms with E-state index in [9.17, 15) is 4.79 Å². The van der Waals surface area contributed by atoms with Crippen molar-refractivity contribution in [3.05, 3.63) is 54.1 Å². The van der Waals surface area contributed by atoms with Gasteiger partial charge in [0.15, 0.2) is 0 Å². The molecule has 7 nitrogen and oxygen atoms in total. The fraction of sp³-hybridized carbons (Fsp3) is 0.333. The molecule has 1 saturated carbocycles. The Morgan fingerprint density at radius 3 is 2.77 bits per heavy atom. The molecule has 31 heavy (non-hydrogen) atoms. The number of fused-ring (bicyclic) bond motifs is 1. The molecule has 7 heteroatoms. The second-order valence-corrected chi connectivity index (χ2v) is 7.80. The van der Waals surface area contributed by atoms with Crippen molar-refractivity contribution in [3.8, 4) is 11.3 Å². The molecule has 0 aliphatic heterocycles. The van der Waals surface area contributed by atoms with Crippen molar-refractivity contribution in [3.63, 3.8) is 0 Å². The predicted octanol–water partition coefficient (Wildman–Crippen LogP) is 3.90. The topological polar surface area (TPSA) is 95.1 Å². The largest absolute Gasteiger partial charge is 0.360 e. The monoisotopic (exact) mass is 418 g/mol. The molecule has 3 aromatic rings. The predicted molar refractivity (Wildman–Crippen MR) is 127 cm³/mol. The van der Waals surface area contributed by atoms with Gasteiger partial charge in [0.1, 0.15) is 6.29 Å². The van der Waals surface area contributed by atoms with Crippen molar-refractivity contribution in [1.29, 1.82) is 0 Å². The number of aldehydes is 1. The Bertz CT molecular complexity index is 1060. The second kappa shape index (κ2) is 10.7. The van der Waals surface area contributed by atoms with Gasteiger partial charge < -0.3 is 15.6 Å². The molecule has 162 valence electrons. The van der Waals surface area contributed by atoms with Crippen LogP contribution >= 0.6 is 0 Å². The van der Waals surface area contributed by atoms with Crippen LogP contribution < -0.4 is 10.6 Å². The van der Waals surface area contributed by atoms with E-state index in [1.165, 1.54) is 18.9 Å². The number of carbonyl (C=O) groups is 1. The first kappa shape index (κ1) is 22.5. The van der Waals surface area contributed by atoms with E-state index >= 15 is 0 Å². The number of hydrogen-bond acceptors (Lipinski definition) is 6. The summed E-state index contributed by atoms with van der Waals surface area (Å²) in [6.07, 6.45) is 10.0. The van der Waals surface area contributed by atoms with Gasteiger partial charge in [-0.25, -0.2) is 4.98 Å². The average molecular weight is 419 g/mol. The summed E-state index contributed by atoms with van der Waals surface area (Å²) in [5.41, 5.74) is 5.29. The zero-order chi connectivity index (χ0) is 22.2. The third kappa shape index (κ3) is 5.93. The third-order valence-corrected chi connectivity index (χ3v) is 4.99. The molecule has 2 aromatic heterocycles. The molecule has 1 aromatic carbocycles. The molecule has 0 unspecified atom stereocenters. The van der Waals surface area contributed by atoms with E-state index in [1.54, 1.807) is 6.20 Å². The average Bonchev–Trinajstić information content (AvgIpc) is 3.56. The summed E-state index contributed by atoms with van der Waals surface area (Å²) >= 11 is 0. The van der Waals surface area contributed by atoms with E-state index < -0.39 is 0 Å². The van der Waals surface area contributed by atoms with Crippen LogP contribution in [0.15, 0.2) is 47.9 Å². The van der Waals surface area contributed by atoms with Crippen LogP contribution in [-0.4, -0.2) is 47.7 Å². The number of allylic oxidation sites excluding steroid dienone is 1. The SMILES string of the molecule is C=N/C(=C\C=O)c1c[nH]c2ccc(-c3cncc(C4CC4)n3)cc12.CNCNC(C)C. The van der Waals surface area contributed by atoms with E-state index in [0.29, 0.717) is 17.7 Å². The van der Waals surface area contributed by atoms with E-state index in [-0.39, 0.29) is 0 Å². The maximum absolute atomic E-state index is 10.8. The summed E-state index contributed by atoms with van der Waals surface area (Å²) in [5.74, 6) is 0.566. The van der Waals surface area contributed by atoms with Crippen LogP contribution in [0.2, 0.25) is 0 Å². The van der Waals surface area contributed by atoms with Gasteiger partial charge in [-0.15, -0.1) is 0 Å². The Kier molecular flexibility index (Phi) is 7.81. The normalized spacial score (nSPS) is 13.7. The molecule has 0 amide bonds. The Labute approximate surface area is 183 Å². The number of nitrogens with one attached hydrogen (secondary N) is 3. The number of aliphatic imine (C=N–C) groups is 1. The van der Waals surface area contributed by atoms with Gasteiger partial charge in [0.2, 0.25) is 0 Å². The van der Waals surface area contributed by atoms with Crippen molar-refractivity contribution in [2.75, 3.05) is 13.7 Å². The van der Waals surface area contributed by atoms with Crippen LogP contribution in [-0.2, 0) is 4.79 Å². The van der Waals surface area contributed by atoms with Gasteiger partial charge >= 0.3 is 0 Å². The first-order chi connectivity index (χ1) is 15.1. The van der Waals surface area contributed by atoms with Crippen LogP contribution in [0.5, 0.6) is 0 Å². The minimum atomic E-state index is 0.547. The summed E-state index contributed by atoms with van der Waals surface area (Å²) < 4.78 is 0. The van der Waals surface area contributed by atoms with E-state index in [0.717, 1.165) is 46.4 Å². The number of nitrogens with zero attached hydrogens (tertiary/aromatic N) is 3. The number of hydrogen-bond donors (Lipinski definition) is 3. The van der Waals surface area contributed by atoms with Crippen LogP contribution in [0.3, 0.4) is 0 Å². The molecule has 1 fully saturated rings. The Morgan fingerprint density at radius 2 is 2.16 bits per heavy atom. The number of carbonyl (C=O) groups excluding carboxylic acids is 1. The zero-order valence-electron chi connectivity index (χ0n) is 18.4. The van der Waals surface area contributed by atoms with E-state index in [1.807, 2.05) is 37.6 Å². The number of aromatic amines is 1. The molecule has 4 rings (SSSR count). The molecule has 2 heterocycles. The number of rotatable bonds is 8. The minimum Gasteiger partial charge on any atom is -0.360 e. The van der Waals surface area contributed by atoms with Crippen LogP contribution in [0, 0.1) is 0 Å². The Balaban J connectivity index is 0.000000339. The molecule has 3 N–H and O–H groups in total. The van der Waals surface area contributed by atoms with Crippen LogP contribution in [0.1, 0.15) is 43.9 Å². The highest BCUT2D eigenvalue weighted by Gasteiger charge is 2.25. The molecular formula is C24H30N6O. The van der Waals surface area contributed by atoms with Crippen molar-refractivity contribution >= 4 is 29.6 Å². The lowest BCUT2D eigenvalue weighted by Crippen LogP contribution is -2.31. The zero-order valence-corrected chi connectivity index (χ0v) is 18.4. The van der Waals surface area contributed by atoms with Gasteiger partial charge in [0, 0.05) is 59.1 Å². The minimum absolute atomic E-state index is 0.547. The van der Waals surface area contributed by atoms with Gasteiger partial charge in [-0.1, -0.05) is 6.07 Å². The van der Waals surface area contributed by atoms with Crippen LogP contribution in [0.25, 0.3) is 27.9 Å². The van der Waals surface area contributed by atoms with Gasteiger partial charge in [0.25, 0.3) is 0 Å². The molecule has 1 aliphatic rings. The maximum Gasteiger partial charge on any atom is 0.145 e. The molecule has 1 aliphatic carbocycles. The number of benzene rings is 1. The molecule has 0 spiro atoms. The van der Waals surface area contributed by atoms with Crippen molar-refractivity contribution in [2.24, 2.45) is 4.99 Å². The highest BCUT2D eigenvalue weighted by Crippen LogP contribution is 2.39. The Morgan fingerprint density at radius 1 is 1.35 bits per heavy atom. The van der Waals surface area contributed by atoms with Gasteiger partial charge in [-0.05, 0) is 52.6 Å². The molecular weight excluding hydrogens is 388 g/mol. The molecule has 0 radical (unpaired) electrons. The Hall–Kier alpha value is -3.16. The second-order valence-electron chi connectivity index (χ2n) is 7.80. The summed E-state index contributed by atoms with van der Waals surface area (Å²) in [6.45, 7) is 8.69. The highest BCUT2D eigenvalue weighted by molar-refractivity contribution is 5.97. The van der Waals surface area contributed by atoms with Crippen molar-refractivity contribution in [2.45, 2.75) is 38.6 Å². The molecule has 0 saturated heterocycles. The smallest absolute Gasteiger partial charge is 0.145 e. The van der Waals surface area contributed by atoms with Crippen LogP contribution in [0.4, 0.5) is 0 Å². The standard InChI is InChI=1S/C19H16N4O.C5H14N2/c1-20-16(6-7-24)15-9-22-17-5-4-13(8-14(15)17)19-11-21-10-18(23-19)12-2-3-12;1-5(2)7-4-6-3/h4-12,22H,1-3H2;5-7H,4H2,1-3H3/b16-6-;. The first-order valence-corrected chi connectivity index (χ1v) is 10.5. The quantitative estimate of drug-likeness (QED) is 0.223. The molecule has 0 bridgehead atoms. The lowest BCUT2D eigenvalue weighted by molar-refractivity contribution is -0.104. The van der Waals surface area contributed by atoms with Gasteiger partial charge in [0.05, 0.1) is 23.3 Å². The van der Waals surface area contributed by atoms with Gasteiger partial charge in [-0.2, -0.15) is 0 Å². The summed E-state index contributed by atoms with van der Waals surface area (Å²) in [5, 5.41) is 7.15. The summed E-state index contributed by atoms with van der Waals surface area (Å²) in [6, 6.07) is 6.66. The fourth-order valence-corrected chi connectivity index (χ4v) is 3.19. The summed E-state index contributed by atoms with van der Waals surface area (Å²) in [4.78, 5) is 27.0. The van der Waals surface area contributed by atoms with E-state index in [2.05, 4.69) is 46.2 Å². The third-order valence-electron chi connectivity index (χ3n) is 4.99. The van der Waals surface area contributed by atoms with E-state index in [4.69, 9.17) is 4.98 Å². The number of aromatic nitrogens is 3.